The predicted molar refractivity (Wildman–Crippen MR) is 67.1 cm³/mol. The molecule has 0 N–H and O–H groups in total. The number of hydrogen-bond acceptors (Lipinski definition) is 1. The van der Waals surface area contributed by atoms with Gasteiger partial charge >= 0.3 is 0 Å². The maximum absolute atomic E-state index is 3.74. The molecule has 70 valence electrons. The van der Waals surface area contributed by atoms with E-state index in [2.05, 4.69) is 52.3 Å². The number of rotatable bonds is 0. The molecule has 0 amide bonds. The maximum atomic E-state index is 3.74. The van der Waals surface area contributed by atoms with Crippen LogP contribution in [-0.4, -0.2) is 0 Å². The highest BCUT2D eigenvalue weighted by Gasteiger charge is 2.19. The number of fused-ring (bicyclic) bond motifs is 3. The van der Waals surface area contributed by atoms with Crippen molar-refractivity contribution in [3.05, 3.63) is 40.8 Å². The number of hydrogen-bond donors (Lipinski definition) is 0. The van der Waals surface area contributed by atoms with Gasteiger partial charge < -0.3 is 0 Å². The van der Waals surface area contributed by atoms with Gasteiger partial charge in [-0.25, -0.2) is 0 Å². The first kappa shape index (κ1) is 8.69. The highest BCUT2D eigenvalue weighted by atomic mass is 79.9. The molecule has 0 spiro atoms. The third-order valence-electron chi connectivity index (χ3n) is 2.59. The summed E-state index contributed by atoms with van der Waals surface area (Å²) in [5.41, 5.74) is 1.48. The fourth-order valence-electron chi connectivity index (χ4n) is 1.94. The minimum atomic E-state index is 0.499. The number of alkyl halides is 1. The first-order valence-electron chi connectivity index (χ1n) is 4.68. The van der Waals surface area contributed by atoms with E-state index in [0.29, 0.717) is 4.83 Å². The number of allylic oxidation sites excluding steroid dienone is 1. The average Bonchev–Trinajstić information content (AvgIpc) is 2.57. The van der Waals surface area contributed by atoms with E-state index in [9.17, 15) is 0 Å². The van der Waals surface area contributed by atoms with E-state index in [1.54, 1.807) is 0 Å². The van der Waals surface area contributed by atoms with Gasteiger partial charge in [0.15, 0.2) is 0 Å². The van der Waals surface area contributed by atoms with Crippen LogP contribution in [0, 0.1) is 0 Å². The zero-order chi connectivity index (χ0) is 9.54. The first-order valence-corrected chi connectivity index (χ1v) is 6.41. The quantitative estimate of drug-likeness (QED) is 0.603. The van der Waals surface area contributed by atoms with Gasteiger partial charge in [-0.2, -0.15) is 0 Å². The summed E-state index contributed by atoms with van der Waals surface area (Å²) >= 11 is 5.63. The predicted octanol–water partition coefficient (Wildman–Crippen LogP) is 4.75. The van der Waals surface area contributed by atoms with Crippen LogP contribution in [0.25, 0.3) is 16.2 Å². The smallest absolute Gasteiger partial charge is 0.0450 e. The molecule has 1 aliphatic rings. The van der Waals surface area contributed by atoms with Gasteiger partial charge in [0.2, 0.25) is 0 Å². The van der Waals surface area contributed by atoms with E-state index in [1.165, 1.54) is 20.5 Å². The lowest BCUT2D eigenvalue weighted by atomic mass is 10.0. The molecule has 14 heavy (non-hydrogen) atoms. The van der Waals surface area contributed by atoms with E-state index >= 15 is 0 Å². The Hall–Kier alpha value is -0.600. The minimum Gasteiger partial charge on any atom is -0.136 e. The van der Waals surface area contributed by atoms with Crippen LogP contribution in [0.2, 0.25) is 0 Å². The minimum absolute atomic E-state index is 0.499. The molecule has 3 rings (SSSR count). The Morgan fingerprint density at radius 2 is 2.14 bits per heavy atom. The number of halogens is 1. The largest absolute Gasteiger partial charge is 0.136 e. The average molecular weight is 265 g/mol. The second-order valence-electron chi connectivity index (χ2n) is 3.48. The second-order valence-corrected chi connectivity index (χ2v) is 5.67. The molecule has 1 aromatic carbocycles. The molecular formula is C12H9BrS. The molecule has 1 aromatic heterocycles. The van der Waals surface area contributed by atoms with E-state index in [4.69, 9.17) is 0 Å². The highest BCUT2D eigenvalue weighted by Crippen LogP contribution is 2.43. The summed E-state index contributed by atoms with van der Waals surface area (Å²) in [5, 5.41) is 1.42. The van der Waals surface area contributed by atoms with Gasteiger partial charge in [0.1, 0.15) is 0 Å². The van der Waals surface area contributed by atoms with Gasteiger partial charge in [0.05, 0.1) is 0 Å². The Labute approximate surface area is 95.4 Å². The molecule has 0 radical (unpaired) electrons. The zero-order valence-corrected chi connectivity index (χ0v) is 9.94. The van der Waals surface area contributed by atoms with Gasteiger partial charge in [-0.15, -0.1) is 11.3 Å². The molecule has 2 aromatic rings. The molecule has 0 nitrogen and oxygen atoms in total. The Morgan fingerprint density at radius 1 is 1.29 bits per heavy atom. The highest BCUT2D eigenvalue weighted by molar-refractivity contribution is 9.09. The lowest BCUT2D eigenvalue weighted by Crippen LogP contribution is -1.92. The van der Waals surface area contributed by atoms with E-state index in [0.717, 1.165) is 6.42 Å². The summed E-state index contributed by atoms with van der Waals surface area (Å²) in [5.74, 6) is 0. The SMILES string of the molecule is BrC1CC=Cc2sc3ccccc3c21. The molecule has 0 bridgehead atoms. The van der Waals surface area contributed by atoms with Crippen LogP contribution >= 0.6 is 27.3 Å². The molecule has 0 aliphatic heterocycles. The van der Waals surface area contributed by atoms with E-state index in [-0.39, 0.29) is 0 Å². The Balaban J connectivity index is 2.40. The van der Waals surface area contributed by atoms with Crippen molar-refractivity contribution in [2.75, 3.05) is 0 Å². The standard InChI is InChI=1S/C12H9BrS/c13-9-5-3-7-11-12(9)8-4-1-2-6-10(8)14-11/h1-4,6-7,9H,5H2. The van der Waals surface area contributed by atoms with Crippen LogP contribution in [0.15, 0.2) is 30.3 Å². The van der Waals surface area contributed by atoms with Crippen molar-refractivity contribution in [1.82, 2.24) is 0 Å². The summed E-state index contributed by atoms with van der Waals surface area (Å²) < 4.78 is 1.40. The molecular weight excluding hydrogens is 256 g/mol. The topological polar surface area (TPSA) is 0 Å². The van der Waals surface area contributed by atoms with E-state index in [1.807, 2.05) is 11.3 Å². The molecule has 0 saturated carbocycles. The van der Waals surface area contributed by atoms with Crippen molar-refractivity contribution in [3.8, 4) is 0 Å². The molecule has 1 heterocycles. The van der Waals surface area contributed by atoms with Crippen molar-refractivity contribution in [2.45, 2.75) is 11.2 Å². The van der Waals surface area contributed by atoms with Crippen LogP contribution in [0.1, 0.15) is 21.7 Å². The number of thiophene rings is 1. The monoisotopic (exact) mass is 264 g/mol. The zero-order valence-electron chi connectivity index (χ0n) is 7.53. The van der Waals surface area contributed by atoms with Crippen LogP contribution in [0.4, 0.5) is 0 Å². The van der Waals surface area contributed by atoms with Crippen molar-refractivity contribution in [2.24, 2.45) is 0 Å². The summed E-state index contributed by atoms with van der Waals surface area (Å²) in [6, 6.07) is 8.65. The summed E-state index contributed by atoms with van der Waals surface area (Å²) in [4.78, 5) is 1.91. The van der Waals surface area contributed by atoms with Crippen LogP contribution in [-0.2, 0) is 0 Å². The molecule has 1 unspecified atom stereocenters. The van der Waals surface area contributed by atoms with Gasteiger partial charge in [-0.3, -0.25) is 0 Å². The second kappa shape index (κ2) is 3.21. The number of benzene rings is 1. The van der Waals surface area contributed by atoms with Crippen molar-refractivity contribution in [1.29, 1.82) is 0 Å². The Morgan fingerprint density at radius 3 is 3.07 bits per heavy atom. The van der Waals surface area contributed by atoms with Crippen molar-refractivity contribution < 1.29 is 0 Å². The third kappa shape index (κ3) is 1.17. The Bertz CT molecular complexity index is 510. The van der Waals surface area contributed by atoms with Crippen molar-refractivity contribution in [3.63, 3.8) is 0 Å². The molecule has 2 heteroatoms. The fourth-order valence-corrected chi connectivity index (χ4v) is 4.00. The molecule has 1 aliphatic carbocycles. The first-order chi connectivity index (χ1) is 6.86. The lowest BCUT2D eigenvalue weighted by molar-refractivity contribution is 0.993. The Kier molecular flexibility index (Phi) is 1.99. The summed E-state index contributed by atoms with van der Waals surface area (Å²) in [7, 11) is 0. The molecule has 0 fully saturated rings. The fraction of sp³-hybridized carbons (Fsp3) is 0.167. The summed E-state index contributed by atoms with van der Waals surface area (Å²) in [6.45, 7) is 0. The van der Waals surface area contributed by atoms with Gasteiger partial charge in [-0.1, -0.05) is 40.2 Å². The van der Waals surface area contributed by atoms with Crippen LogP contribution in [0.5, 0.6) is 0 Å². The third-order valence-corrected chi connectivity index (χ3v) is 4.57. The van der Waals surface area contributed by atoms with Gasteiger partial charge in [-0.05, 0) is 29.5 Å². The summed E-state index contributed by atoms with van der Waals surface area (Å²) in [6.07, 6.45) is 5.60. The van der Waals surface area contributed by atoms with Gasteiger partial charge in [0.25, 0.3) is 0 Å². The van der Waals surface area contributed by atoms with Gasteiger partial charge in [0, 0.05) is 14.4 Å². The molecule has 0 saturated heterocycles. The lowest BCUT2D eigenvalue weighted by Gasteiger charge is -2.12. The maximum Gasteiger partial charge on any atom is 0.0450 e. The molecule has 1 atom stereocenters. The van der Waals surface area contributed by atoms with E-state index < -0.39 is 0 Å². The normalized spacial score (nSPS) is 19.9. The van der Waals surface area contributed by atoms with Crippen LogP contribution in [0.3, 0.4) is 0 Å². The van der Waals surface area contributed by atoms with Crippen molar-refractivity contribution >= 4 is 43.4 Å². The van der Waals surface area contributed by atoms with Crippen LogP contribution < -0.4 is 0 Å².